The van der Waals surface area contributed by atoms with Crippen LogP contribution in [0.25, 0.3) is 0 Å². The maximum absolute atomic E-state index is 6.10. The number of anilines is 1. The van der Waals surface area contributed by atoms with Crippen molar-refractivity contribution in [3.63, 3.8) is 0 Å². The molecule has 0 unspecified atom stereocenters. The second kappa shape index (κ2) is 5.82. The standard InChI is InChI=1S/C15H11Cl2N/c1-2-11-4-3-5-14(8-11)18-10-12-6-7-13(16)9-15(12)17/h1,3-9,18H,10H2. The molecular formula is C15H11Cl2N. The molecule has 0 bridgehead atoms. The first kappa shape index (κ1) is 12.8. The van der Waals surface area contributed by atoms with Crippen LogP contribution in [0.5, 0.6) is 0 Å². The molecule has 0 spiro atoms. The Morgan fingerprint density at radius 1 is 1.11 bits per heavy atom. The molecule has 0 amide bonds. The van der Waals surface area contributed by atoms with E-state index in [0.29, 0.717) is 16.6 Å². The molecule has 0 radical (unpaired) electrons. The third-order valence-corrected chi connectivity index (χ3v) is 3.11. The van der Waals surface area contributed by atoms with Gasteiger partial charge in [0.15, 0.2) is 0 Å². The van der Waals surface area contributed by atoms with E-state index < -0.39 is 0 Å². The van der Waals surface area contributed by atoms with Crippen LogP contribution >= 0.6 is 23.2 Å². The van der Waals surface area contributed by atoms with E-state index in [1.165, 1.54) is 0 Å². The third kappa shape index (κ3) is 3.20. The molecule has 0 aliphatic carbocycles. The minimum atomic E-state index is 0.629. The van der Waals surface area contributed by atoms with E-state index in [4.69, 9.17) is 29.6 Å². The van der Waals surface area contributed by atoms with Crippen molar-refractivity contribution in [2.75, 3.05) is 5.32 Å². The third-order valence-electron chi connectivity index (χ3n) is 2.53. The Balaban J connectivity index is 2.09. The summed E-state index contributed by atoms with van der Waals surface area (Å²) in [7, 11) is 0. The van der Waals surface area contributed by atoms with Crippen LogP contribution in [-0.4, -0.2) is 0 Å². The summed E-state index contributed by atoms with van der Waals surface area (Å²) in [5.74, 6) is 2.60. The molecule has 0 heterocycles. The van der Waals surface area contributed by atoms with E-state index in [1.807, 2.05) is 36.4 Å². The Morgan fingerprint density at radius 2 is 1.94 bits per heavy atom. The van der Waals surface area contributed by atoms with Crippen LogP contribution in [0.1, 0.15) is 11.1 Å². The van der Waals surface area contributed by atoms with E-state index >= 15 is 0 Å². The summed E-state index contributed by atoms with van der Waals surface area (Å²) >= 11 is 11.9. The van der Waals surface area contributed by atoms with Crippen LogP contribution in [0.3, 0.4) is 0 Å². The molecule has 0 fully saturated rings. The fraction of sp³-hybridized carbons (Fsp3) is 0.0667. The largest absolute Gasteiger partial charge is 0.381 e. The highest BCUT2D eigenvalue weighted by Gasteiger charge is 2.01. The number of hydrogen-bond acceptors (Lipinski definition) is 1. The van der Waals surface area contributed by atoms with E-state index in [1.54, 1.807) is 6.07 Å². The summed E-state index contributed by atoms with van der Waals surface area (Å²) in [6.07, 6.45) is 5.35. The topological polar surface area (TPSA) is 12.0 Å². The van der Waals surface area contributed by atoms with Crippen LogP contribution < -0.4 is 5.32 Å². The SMILES string of the molecule is C#Cc1cccc(NCc2ccc(Cl)cc2Cl)c1. The minimum Gasteiger partial charge on any atom is -0.381 e. The molecule has 0 saturated heterocycles. The highest BCUT2D eigenvalue weighted by atomic mass is 35.5. The molecule has 0 aliphatic heterocycles. The zero-order valence-electron chi connectivity index (χ0n) is 9.58. The molecule has 18 heavy (non-hydrogen) atoms. The monoisotopic (exact) mass is 275 g/mol. The molecule has 2 rings (SSSR count). The van der Waals surface area contributed by atoms with E-state index in [9.17, 15) is 0 Å². The van der Waals surface area contributed by atoms with Gasteiger partial charge in [-0.05, 0) is 35.9 Å². The van der Waals surface area contributed by atoms with E-state index in [-0.39, 0.29) is 0 Å². The number of halogens is 2. The van der Waals surface area contributed by atoms with Crippen molar-refractivity contribution < 1.29 is 0 Å². The van der Waals surface area contributed by atoms with Gasteiger partial charge in [-0.15, -0.1) is 6.42 Å². The Morgan fingerprint density at radius 3 is 2.67 bits per heavy atom. The summed E-state index contributed by atoms with van der Waals surface area (Å²) in [4.78, 5) is 0. The van der Waals surface area contributed by atoms with Crippen molar-refractivity contribution in [1.82, 2.24) is 0 Å². The highest BCUT2D eigenvalue weighted by molar-refractivity contribution is 6.35. The van der Waals surface area contributed by atoms with Crippen molar-refractivity contribution in [3.05, 3.63) is 63.6 Å². The molecule has 0 atom stereocenters. The van der Waals surface area contributed by atoms with Crippen LogP contribution in [0, 0.1) is 12.3 Å². The minimum absolute atomic E-state index is 0.629. The van der Waals surface area contributed by atoms with Gasteiger partial charge in [-0.3, -0.25) is 0 Å². The fourth-order valence-electron chi connectivity index (χ4n) is 1.58. The van der Waals surface area contributed by atoms with Gasteiger partial charge >= 0.3 is 0 Å². The Bertz CT molecular complexity index is 600. The summed E-state index contributed by atoms with van der Waals surface area (Å²) in [6.45, 7) is 0.629. The predicted molar refractivity (Wildman–Crippen MR) is 78.2 cm³/mol. The number of hydrogen-bond donors (Lipinski definition) is 1. The van der Waals surface area contributed by atoms with E-state index in [2.05, 4.69) is 11.2 Å². The second-order valence-electron chi connectivity index (χ2n) is 3.81. The Labute approximate surface area is 117 Å². The summed E-state index contributed by atoms with van der Waals surface area (Å²) < 4.78 is 0. The molecule has 0 aliphatic rings. The number of benzene rings is 2. The molecule has 1 N–H and O–H groups in total. The smallest absolute Gasteiger partial charge is 0.0470 e. The number of nitrogens with one attached hydrogen (secondary N) is 1. The zero-order valence-corrected chi connectivity index (χ0v) is 11.1. The molecule has 2 aromatic rings. The average molecular weight is 276 g/mol. The van der Waals surface area contributed by atoms with E-state index in [0.717, 1.165) is 16.8 Å². The molecule has 90 valence electrons. The lowest BCUT2D eigenvalue weighted by Gasteiger charge is -2.08. The zero-order chi connectivity index (χ0) is 13.0. The van der Waals surface area contributed by atoms with Crippen molar-refractivity contribution in [2.24, 2.45) is 0 Å². The molecule has 3 heteroatoms. The van der Waals surface area contributed by atoms with Crippen LogP contribution in [0.15, 0.2) is 42.5 Å². The van der Waals surface area contributed by atoms with Crippen LogP contribution in [-0.2, 0) is 6.54 Å². The van der Waals surface area contributed by atoms with Crippen molar-refractivity contribution >= 4 is 28.9 Å². The van der Waals surface area contributed by atoms with Gasteiger partial charge in [0.25, 0.3) is 0 Å². The quantitative estimate of drug-likeness (QED) is 0.809. The lowest BCUT2D eigenvalue weighted by molar-refractivity contribution is 1.15. The first-order valence-corrected chi connectivity index (χ1v) is 6.19. The van der Waals surface area contributed by atoms with Gasteiger partial charge in [0, 0.05) is 27.8 Å². The second-order valence-corrected chi connectivity index (χ2v) is 4.66. The van der Waals surface area contributed by atoms with Gasteiger partial charge in [0.1, 0.15) is 0 Å². The summed E-state index contributed by atoms with van der Waals surface area (Å²) in [6, 6.07) is 13.2. The maximum Gasteiger partial charge on any atom is 0.0470 e. The van der Waals surface area contributed by atoms with Gasteiger partial charge < -0.3 is 5.32 Å². The summed E-state index contributed by atoms with van der Waals surface area (Å²) in [5, 5.41) is 4.57. The molecule has 0 aromatic heterocycles. The first-order chi connectivity index (χ1) is 8.69. The lowest BCUT2D eigenvalue weighted by Crippen LogP contribution is -2.00. The van der Waals surface area contributed by atoms with Crippen molar-refractivity contribution in [2.45, 2.75) is 6.54 Å². The van der Waals surface area contributed by atoms with Crippen molar-refractivity contribution in [1.29, 1.82) is 0 Å². The Hall–Kier alpha value is -1.62. The maximum atomic E-state index is 6.10. The van der Waals surface area contributed by atoms with Crippen LogP contribution in [0.2, 0.25) is 10.0 Å². The number of rotatable bonds is 3. The number of terminal acetylenes is 1. The normalized spacial score (nSPS) is 9.83. The van der Waals surface area contributed by atoms with Gasteiger partial charge in [-0.2, -0.15) is 0 Å². The fourth-order valence-corrected chi connectivity index (χ4v) is 2.06. The van der Waals surface area contributed by atoms with Gasteiger partial charge in [-0.1, -0.05) is 41.3 Å². The van der Waals surface area contributed by atoms with Crippen molar-refractivity contribution in [3.8, 4) is 12.3 Å². The van der Waals surface area contributed by atoms with Crippen LogP contribution in [0.4, 0.5) is 5.69 Å². The first-order valence-electron chi connectivity index (χ1n) is 5.43. The van der Waals surface area contributed by atoms with Gasteiger partial charge in [-0.25, -0.2) is 0 Å². The lowest BCUT2D eigenvalue weighted by atomic mass is 10.2. The van der Waals surface area contributed by atoms with Gasteiger partial charge in [0.05, 0.1) is 0 Å². The van der Waals surface area contributed by atoms with Gasteiger partial charge in [0.2, 0.25) is 0 Å². The molecule has 0 saturated carbocycles. The Kier molecular flexibility index (Phi) is 4.15. The molecular weight excluding hydrogens is 265 g/mol. The predicted octanol–water partition coefficient (Wildman–Crippen LogP) is 4.59. The molecule has 2 aromatic carbocycles. The average Bonchev–Trinajstić information content (AvgIpc) is 2.38. The highest BCUT2D eigenvalue weighted by Crippen LogP contribution is 2.22. The molecule has 1 nitrogen and oxygen atoms in total. The summed E-state index contributed by atoms with van der Waals surface area (Å²) in [5.41, 5.74) is 2.81.